The predicted molar refractivity (Wildman–Crippen MR) is 111 cm³/mol. The molecule has 1 aliphatic carbocycles. The van der Waals surface area contributed by atoms with Gasteiger partial charge in [-0.15, -0.1) is 0 Å². The second-order valence-electron chi connectivity index (χ2n) is 8.24. The van der Waals surface area contributed by atoms with Crippen molar-refractivity contribution in [2.45, 2.75) is 51.9 Å². The van der Waals surface area contributed by atoms with Crippen LogP contribution >= 0.6 is 0 Å². The summed E-state index contributed by atoms with van der Waals surface area (Å²) in [4.78, 5) is 7.40. The molecule has 1 aromatic rings. The highest BCUT2D eigenvalue weighted by molar-refractivity contribution is 6.03. The van der Waals surface area contributed by atoms with Crippen molar-refractivity contribution in [2.24, 2.45) is 10.4 Å². The predicted octanol–water partition coefficient (Wildman–Crippen LogP) is 3.61. The van der Waals surface area contributed by atoms with Crippen molar-refractivity contribution in [3.63, 3.8) is 0 Å². The van der Waals surface area contributed by atoms with Crippen molar-refractivity contribution in [1.82, 2.24) is 20.4 Å². The summed E-state index contributed by atoms with van der Waals surface area (Å²) in [6, 6.07) is 2.12. The second kappa shape index (κ2) is 7.89. The van der Waals surface area contributed by atoms with E-state index in [1.54, 1.807) is 0 Å². The van der Waals surface area contributed by atoms with Gasteiger partial charge in [0.1, 0.15) is 11.7 Å². The minimum Gasteiger partial charge on any atom is -0.355 e. The largest absolute Gasteiger partial charge is 0.355 e. The third-order valence-electron chi connectivity index (χ3n) is 5.75. The number of hydrogen-bond acceptors (Lipinski definition) is 4. The zero-order chi connectivity index (χ0) is 18.7. The number of aromatic nitrogens is 2. The molecule has 3 fully saturated rings. The van der Waals surface area contributed by atoms with E-state index in [1.807, 2.05) is 19.1 Å². The molecule has 2 saturated heterocycles. The SMILES string of the molecule is C\C=C/C(=N\C(=C\CCC)N1CC2(CCNC2)C1)Nc1cc(C2CC2)[nH]n1. The number of allylic oxidation sites excluding steroid dienone is 2. The molecule has 4 rings (SSSR count). The van der Waals surface area contributed by atoms with Crippen molar-refractivity contribution in [3.05, 3.63) is 35.8 Å². The molecule has 27 heavy (non-hydrogen) atoms. The number of unbranched alkanes of at least 4 members (excludes halogenated alkanes) is 1. The molecule has 6 nitrogen and oxygen atoms in total. The van der Waals surface area contributed by atoms with Crippen LogP contribution < -0.4 is 10.6 Å². The summed E-state index contributed by atoms with van der Waals surface area (Å²) in [7, 11) is 0. The summed E-state index contributed by atoms with van der Waals surface area (Å²) >= 11 is 0. The highest BCUT2D eigenvalue weighted by atomic mass is 15.3. The molecule has 146 valence electrons. The lowest BCUT2D eigenvalue weighted by Gasteiger charge is -2.49. The minimum atomic E-state index is 0.469. The smallest absolute Gasteiger partial charge is 0.153 e. The molecule has 0 unspecified atom stereocenters. The fourth-order valence-corrected chi connectivity index (χ4v) is 4.03. The lowest BCUT2D eigenvalue weighted by atomic mass is 9.79. The number of hydrogen-bond donors (Lipinski definition) is 3. The van der Waals surface area contributed by atoms with Crippen LogP contribution in [0.1, 0.15) is 57.6 Å². The fraction of sp³-hybridized carbons (Fsp3) is 0.619. The Bertz CT molecular complexity index is 726. The number of rotatable bonds is 7. The Kier molecular flexibility index (Phi) is 5.34. The molecule has 3 heterocycles. The Morgan fingerprint density at radius 2 is 2.30 bits per heavy atom. The van der Waals surface area contributed by atoms with Crippen molar-refractivity contribution >= 4 is 11.7 Å². The lowest BCUT2D eigenvalue weighted by molar-refractivity contribution is 0.0465. The third-order valence-corrected chi connectivity index (χ3v) is 5.75. The van der Waals surface area contributed by atoms with Gasteiger partial charge in [-0.25, -0.2) is 4.99 Å². The number of anilines is 1. The monoisotopic (exact) mass is 368 g/mol. The number of nitrogens with zero attached hydrogens (tertiary/aromatic N) is 3. The highest BCUT2D eigenvalue weighted by Crippen LogP contribution is 2.40. The van der Waals surface area contributed by atoms with E-state index in [2.05, 4.69) is 44.8 Å². The molecule has 2 aliphatic heterocycles. The van der Waals surface area contributed by atoms with Crippen molar-refractivity contribution in [2.75, 3.05) is 31.5 Å². The van der Waals surface area contributed by atoms with Crippen LogP contribution in [-0.4, -0.2) is 47.1 Å². The summed E-state index contributed by atoms with van der Waals surface area (Å²) in [5, 5.41) is 14.5. The Balaban J connectivity index is 1.48. The average Bonchev–Trinajstić information content (AvgIpc) is 3.17. The first kappa shape index (κ1) is 18.3. The molecule has 0 radical (unpaired) electrons. The Morgan fingerprint density at radius 1 is 1.44 bits per heavy atom. The molecule has 0 amide bonds. The molecular formula is C21H32N6. The first-order valence-electron chi connectivity index (χ1n) is 10.4. The summed E-state index contributed by atoms with van der Waals surface area (Å²) in [5.74, 6) is 3.46. The summed E-state index contributed by atoms with van der Waals surface area (Å²) in [6.07, 6.45) is 12.3. The van der Waals surface area contributed by atoms with Gasteiger partial charge in [0.05, 0.1) is 0 Å². The van der Waals surface area contributed by atoms with Gasteiger partial charge in [-0.05, 0) is 51.3 Å². The third kappa shape index (κ3) is 4.26. The number of aromatic amines is 1. The van der Waals surface area contributed by atoms with Crippen molar-refractivity contribution in [1.29, 1.82) is 0 Å². The van der Waals surface area contributed by atoms with Crippen LogP contribution in [0.3, 0.4) is 0 Å². The molecule has 0 bridgehead atoms. The van der Waals surface area contributed by atoms with Gasteiger partial charge in [-0.2, -0.15) is 5.10 Å². The van der Waals surface area contributed by atoms with Crippen LogP contribution in [0.25, 0.3) is 0 Å². The van der Waals surface area contributed by atoms with E-state index in [0.717, 1.165) is 56.5 Å². The first-order valence-corrected chi connectivity index (χ1v) is 10.4. The van der Waals surface area contributed by atoms with Gasteiger partial charge in [0.2, 0.25) is 0 Å². The first-order chi connectivity index (χ1) is 13.2. The van der Waals surface area contributed by atoms with Crippen LogP contribution in [0, 0.1) is 5.41 Å². The number of H-pyrrole nitrogens is 1. The Labute approximate surface area is 162 Å². The highest BCUT2D eigenvalue weighted by Gasteiger charge is 2.45. The van der Waals surface area contributed by atoms with E-state index in [9.17, 15) is 0 Å². The van der Waals surface area contributed by atoms with E-state index in [1.165, 1.54) is 25.0 Å². The van der Waals surface area contributed by atoms with E-state index in [-0.39, 0.29) is 0 Å². The lowest BCUT2D eigenvalue weighted by Crippen LogP contribution is -2.56. The van der Waals surface area contributed by atoms with E-state index < -0.39 is 0 Å². The molecule has 3 N–H and O–H groups in total. The summed E-state index contributed by atoms with van der Waals surface area (Å²) in [5.41, 5.74) is 1.70. The fourth-order valence-electron chi connectivity index (χ4n) is 4.03. The summed E-state index contributed by atoms with van der Waals surface area (Å²) < 4.78 is 0. The number of likely N-dealkylation sites (tertiary alicyclic amines) is 1. The number of aliphatic imine (C=N–C) groups is 1. The molecule has 0 aromatic carbocycles. The van der Waals surface area contributed by atoms with Gasteiger partial charge in [0.15, 0.2) is 5.82 Å². The topological polar surface area (TPSA) is 68.3 Å². The van der Waals surface area contributed by atoms with Crippen LogP contribution in [0.4, 0.5) is 5.82 Å². The molecule has 3 aliphatic rings. The van der Waals surface area contributed by atoms with Crippen molar-refractivity contribution in [3.8, 4) is 0 Å². The van der Waals surface area contributed by atoms with E-state index in [0.29, 0.717) is 11.3 Å². The maximum absolute atomic E-state index is 4.98. The maximum Gasteiger partial charge on any atom is 0.153 e. The van der Waals surface area contributed by atoms with E-state index in [4.69, 9.17) is 4.99 Å². The summed E-state index contributed by atoms with van der Waals surface area (Å²) in [6.45, 7) is 8.75. The van der Waals surface area contributed by atoms with Gasteiger partial charge in [0, 0.05) is 42.7 Å². The van der Waals surface area contributed by atoms with Crippen LogP contribution in [0.5, 0.6) is 0 Å². The van der Waals surface area contributed by atoms with Crippen LogP contribution in [0.2, 0.25) is 0 Å². The molecule has 0 atom stereocenters. The van der Waals surface area contributed by atoms with Crippen LogP contribution in [-0.2, 0) is 0 Å². The molecule has 1 aromatic heterocycles. The Hall–Kier alpha value is -2.08. The van der Waals surface area contributed by atoms with Gasteiger partial charge >= 0.3 is 0 Å². The molecule has 6 heteroatoms. The van der Waals surface area contributed by atoms with Gasteiger partial charge in [-0.3, -0.25) is 5.10 Å². The quantitative estimate of drug-likeness (QED) is 0.508. The minimum absolute atomic E-state index is 0.469. The molecule has 1 saturated carbocycles. The normalized spacial score (nSPS) is 22.7. The van der Waals surface area contributed by atoms with Crippen LogP contribution in [0.15, 0.2) is 35.1 Å². The second-order valence-corrected chi connectivity index (χ2v) is 8.24. The maximum atomic E-state index is 4.98. The van der Waals surface area contributed by atoms with Gasteiger partial charge in [0.25, 0.3) is 0 Å². The zero-order valence-electron chi connectivity index (χ0n) is 16.6. The average molecular weight is 369 g/mol. The van der Waals surface area contributed by atoms with Gasteiger partial charge < -0.3 is 15.5 Å². The zero-order valence-corrected chi connectivity index (χ0v) is 16.6. The van der Waals surface area contributed by atoms with E-state index >= 15 is 0 Å². The standard InChI is InChI=1S/C21H32N6/c1-3-5-7-20(27-14-21(15-27)10-11-22-13-21)24-18(6-4-2)23-19-12-17(25-26-19)16-8-9-16/h4,6-7,12,16,22H,3,5,8-11,13-15H2,1-2H3,(H2,23,24,25,26)/b6-4-,20-7-. The number of nitrogens with one attached hydrogen (secondary N) is 3. The molecular weight excluding hydrogens is 336 g/mol. The van der Waals surface area contributed by atoms with Crippen molar-refractivity contribution < 1.29 is 0 Å². The molecule has 1 spiro atoms. The Morgan fingerprint density at radius 3 is 2.96 bits per heavy atom. The number of amidine groups is 1. The van der Waals surface area contributed by atoms with Gasteiger partial charge in [-0.1, -0.05) is 19.4 Å².